The Morgan fingerprint density at radius 2 is 1.77 bits per heavy atom. The molecule has 0 spiro atoms. The molecule has 0 unspecified atom stereocenters. The second-order valence-corrected chi connectivity index (χ2v) is 14.2. The van der Waals surface area contributed by atoms with Gasteiger partial charge in [0.25, 0.3) is 5.56 Å². The van der Waals surface area contributed by atoms with Gasteiger partial charge in [0.15, 0.2) is 16.3 Å². The van der Waals surface area contributed by atoms with Gasteiger partial charge in [0, 0.05) is 10.6 Å². The van der Waals surface area contributed by atoms with Gasteiger partial charge in [0.2, 0.25) is 0 Å². The maximum Gasteiger partial charge on any atom is 0.271 e. The molecule has 8 heteroatoms. The highest BCUT2D eigenvalue weighted by atomic mass is 127. The summed E-state index contributed by atoms with van der Waals surface area (Å²) >= 11 is 10.5. The summed E-state index contributed by atoms with van der Waals surface area (Å²) in [5, 5.41) is 2.98. The number of ether oxygens (including phenoxy) is 2. The lowest BCUT2D eigenvalue weighted by atomic mass is 9.83. The van der Waals surface area contributed by atoms with Crippen molar-refractivity contribution in [2.75, 3.05) is 7.11 Å². The molecule has 5 nitrogen and oxygen atoms in total. The van der Waals surface area contributed by atoms with Crippen LogP contribution in [0, 0.1) is 3.57 Å². The molecule has 232 valence electrons. The van der Waals surface area contributed by atoms with Crippen molar-refractivity contribution in [3.63, 3.8) is 0 Å². The Hall–Kier alpha value is -4.18. The third-order valence-corrected chi connectivity index (χ3v) is 11.0. The van der Waals surface area contributed by atoms with Gasteiger partial charge in [-0.05, 0) is 98.3 Å². The lowest BCUT2D eigenvalue weighted by molar-refractivity contribution is 0.283. The van der Waals surface area contributed by atoms with Gasteiger partial charge in [-0.3, -0.25) is 9.36 Å². The number of halogens is 2. The fraction of sp³-hybridized carbons (Fsp3) is 0.128. The molecule has 0 saturated heterocycles. The van der Waals surface area contributed by atoms with Crippen LogP contribution in [0.4, 0.5) is 0 Å². The summed E-state index contributed by atoms with van der Waals surface area (Å²) < 4.78 is 15.5. The first kappa shape index (κ1) is 30.2. The van der Waals surface area contributed by atoms with Crippen LogP contribution in [-0.2, 0) is 13.0 Å². The van der Waals surface area contributed by atoms with E-state index in [1.165, 1.54) is 22.3 Å². The number of benzene rings is 5. The van der Waals surface area contributed by atoms with Crippen LogP contribution in [0.5, 0.6) is 11.5 Å². The van der Waals surface area contributed by atoms with Crippen molar-refractivity contribution in [2.24, 2.45) is 4.99 Å². The lowest BCUT2D eigenvalue weighted by Crippen LogP contribution is -2.38. The zero-order valence-electron chi connectivity index (χ0n) is 25.4. The minimum Gasteiger partial charge on any atom is -0.493 e. The van der Waals surface area contributed by atoms with E-state index < -0.39 is 0 Å². The molecular weight excluding hydrogens is 739 g/mol. The van der Waals surface area contributed by atoms with E-state index in [4.69, 9.17) is 26.1 Å². The lowest BCUT2D eigenvalue weighted by Gasteiger charge is -2.31. The number of hydrogen-bond acceptors (Lipinski definition) is 5. The molecule has 0 bridgehead atoms. The second-order valence-electron chi connectivity index (χ2n) is 11.6. The monoisotopic (exact) mass is 766 g/mol. The molecular formula is C39H28ClIN2O3S. The number of allylic oxidation sites excluding steroid dienone is 1. The SMILES string of the molecule is COc1cc(/C=c2\sc3n(c2=O)[C@H](c2ccccc2Cl)C2=C(N=3)c3ccccc3CC2)cc(I)c1OCc1cccc2ccccc12. The topological polar surface area (TPSA) is 52.8 Å². The van der Waals surface area contributed by atoms with Gasteiger partial charge in [-0.15, -0.1) is 0 Å². The number of fused-ring (bicyclic) bond motifs is 4. The van der Waals surface area contributed by atoms with Crippen LogP contribution >= 0.6 is 45.5 Å². The van der Waals surface area contributed by atoms with E-state index >= 15 is 0 Å². The van der Waals surface area contributed by atoms with Crippen molar-refractivity contribution in [1.29, 1.82) is 0 Å². The Kier molecular flexibility index (Phi) is 7.99. The van der Waals surface area contributed by atoms with Gasteiger partial charge < -0.3 is 9.47 Å². The Balaban J connectivity index is 1.21. The highest BCUT2D eigenvalue weighted by Gasteiger charge is 2.33. The zero-order valence-corrected chi connectivity index (χ0v) is 29.1. The number of rotatable bonds is 6. The number of aromatic nitrogens is 1. The molecule has 0 radical (unpaired) electrons. The van der Waals surface area contributed by atoms with Crippen molar-refractivity contribution in [1.82, 2.24) is 4.57 Å². The summed E-state index contributed by atoms with van der Waals surface area (Å²) in [4.78, 5) is 20.1. The van der Waals surface area contributed by atoms with E-state index in [1.807, 2.05) is 65.2 Å². The molecule has 1 aliphatic heterocycles. The van der Waals surface area contributed by atoms with Crippen LogP contribution in [-0.4, -0.2) is 11.7 Å². The first-order valence-electron chi connectivity index (χ1n) is 15.3. The summed E-state index contributed by atoms with van der Waals surface area (Å²) in [6.07, 6.45) is 3.62. The van der Waals surface area contributed by atoms with E-state index in [2.05, 4.69) is 71.1 Å². The fourth-order valence-electron chi connectivity index (χ4n) is 6.68. The van der Waals surface area contributed by atoms with Gasteiger partial charge in [-0.1, -0.05) is 108 Å². The molecule has 0 saturated carbocycles. The van der Waals surface area contributed by atoms with E-state index in [-0.39, 0.29) is 11.6 Å². The molecule has 2 heterocycles. The number of aryl methyl sites for hydroxylation is 1. The van der Waals surface area contributed by atoms with Crippen LogP contribution in [0.3, 0.4) is 0 Å². The third kappa shape index (κ3) is 5.40. The summed E-state index contributed by atoms with van der Waals surface area (Å²) in [6.45, 7) is 0.404. The van der Waals surface area contributed by atoms with E-state index in [1.54, 1.807) is 7.11 Å². The van der Waals surface area contributed by atoms with Crippen LogP contribution in [0.1, 0.15) is 40.3 Å². The summed E-state index contributed by atoms with van der Waals surface area (Å²) in [6, 6.07) is 34.4. The van der Waals surface area contributed by atoms with Crippen molar-refractivity contribution in [3.05, 3.63) is 165 Å². The largest absolute Gasteiger partial charge is 0.493 e. The van der Waals surface area contributed by atoms with Crippen LogP contribution in [0.2, 0.25) is 5.02 Å². The average molecular weight is 767 g/mol. The molecule has 1 aliphatic carbocycles. The van der Waals surface area contributed by atoms with Crippen molar-refractivity contribution in [2.45, 2.75) is 25.5 Å². The van der Waals surface area contributed by atoms with Gasteiger partial charge in [0.05, 0.1) is 27.0 Å². The van der Waals surface area contributed by atoms with E-state index in [0.29, 0.717) is 32.5 Å². The Bertz CT molecular complexity index is 2420. The van der Waals surface area contributed by atoms with E-state index in [0.717, 1.165) is 55.3 Å². The zero-order chi connectivity index (χ0) is 32.1. The first-order valence-corrected chi connectivity index (χ1v) is 17.6. The summed E-state index contributed by atoms with van der Waals surface area (Å²) in [5.41, 5.74) is 7.25. The quantitative estimate of drug-likeness (QED) is 0.160. The third-order valence-electron chi connectivity index (χ3n) is 8.87. The van der Waals surface area contributed by atoms with Crippen molar-refractivity contribution < 1.29 is 9.47 Å². The average Bonchev–Trinajstić information content (AvgIpc) is 3.40. The number of hydrogen-bond donors (Lipinski definition) is 0. The predicted molar refractivity (Wildman–Crippen MR) is 198 cm³/mol. The standard InChI is InChI=1S/C39H28ClIN2O3S/c1-45-33-20-23(19-32(41)37(33)46-22-26-12-8-11-24-9-2-4-13-27(24)26)21-34-38(44)43-36(29-15-6-7-16-31(29)40)30-18-17-25-10-3-5-14-28(25)35(30)42-39(43)47-34/h2-16,19-21,36H,17-18,22H2,1H3/b34-21-/t36-/m1/s1. The van der Waals surface area contributed by atoms with Crippen LogP contribution in [0.25, 0.3) is 22.5 Å². The highest BCUT2D eigenvalue weighted by Crippen LogP contribution is 2.43. The van der Waals surface area contributed by atoms with Gasteiger partial charge in [-0.25, -0.2) is 4.99 Å². The maximum absolute atomic E-state index is 14.3. The molecule has 0 amide bonds. The van der Waals surface area contributed by atoms with Gasteiger partial charge in [0.1, 0.15) is 6.61 Å². The van der Waals surface area contributed by atoms with Crippen LogP contribution < -0.4 is 24.4 Å². The molecule has 0 N–H and O–H groups in total. The molecule has 1 aromatic heterocycles. The van der Waals surface area contributed by atoms with Gasteiger partial charge >= 0.3 is 0 Å². The molecule has 5 aromatic carbocycles. The number of methoxy groups -OCH3 is 1. The fourth-order valence-corrected chi connectivity index (χ4v) is 8.70. The Labute approximate surface area is 294 Å². The van der Waals surface area contributed by atoms with Crippen molar-refractivity contribution in [3.8, 4) is 11.5 Å². The van der Waals surface area contributed by atoms with E-state index in [9.17, 15) is 4.79 Å². The molecule has 6 aromatic rings. The summed E-state index contributed by atoms with van der Waals surface area (Å²) in [7, 11) is 1.64. The Morgan fingerprint density at radius 1 is 0.979 bits per heavy atom. The van der Waals surface area contributed by atoms with Crippen molar-refractivity contribution >= 4 is 68.1 Å². The minimum atomic E-state index is -0.329. The number of nitrogens with zero attached hydrogens (tertiary/aromatic N) is 2. The van der Waals surface area contributed by atoms with Crippen LogP contribution in [0.15, 0.2) is 118 Å². The molecule has 1 atom stereocenters. The normalized spacial score (nSPS) is 15.6. The highest BCUT2D eigenvalue weighted by molar-refractivity contribution is 14.1. The molecule has 8 rings (SSSR count). The smallest absolute Gasteiger partial charge is 0.271 e. The number of thiazole rings is 1. The predicted octanol–water partition coefficient (Wildman–Crippen LogP) is 8.32. The first-order chi connectivity index (χ1) is 23.0. The van der Waals surface area contributed by atoms with Gasteiger partial charge in [-0.2, -0.15) is 0 Å². The summed E-state index contributed by atoms with van der Waals surface area (Å²) in [5.74, 6) is 1.28. The molecule has 0 fully saturated rings. The molecule has 2 aliphatic rings. The maximum atomic E-state index is 14.3. The second kappa shape index (κ2) is 12.4. The minimum absolute atomic E-state index is 0.0886. The molecule has 47 heavy (non-hydrogen) atoms. The Morgan fingerprint density at radius 3 is 2.64 bits per heavy atom.